The van der Waals surface area contributed by atoms with Gasteiger partial charge in [0.1, 0.15) is 6.54 Å². The van der Waals surface area contributed by atoms with Crippen LogP contribution in [-0.2, 0) is 17.5 Å². The molecule has 0 aliphatic rings. The molecular formula is C10H8F4N6O. The molecule has 0 spiro atoms. The minimum atomic E-state index is -4.57. The Labute approximate surface area is 115 Å². The predicted molar refractivity (Wildman–Crippen MR) is 61.0 cm³/mol. The summed E-state index contributed by atoms with van der Waals surface area (Å²) in [5.41, 5.74) is 3.32. The van der Waals surface area contributed by atoms with E-state index in [2.05, 4.69) is 25.9 Å². The lowest BCUT2D eigenvalue weighted by molar-refractivity contribution is -0.141. The Morgan fingerprint density at radius 2 is 1.95 bits per heavy atom. The smallest absolute Gasteiger partial charge is 0.271 e. The minimum Gasteiger partial charge on any atom is -0.271 e. The van der Waals surface area contributed by atoms with E-state index in [-0.39, 0.29) is 5.95 Å². The van der Waals surface area contributed by atoms with E-state index in [0.29, 0.717) is 0 Å². The number of hydrogen-bond donors (Lipinski definition) is 2. The van der Waals surface area contributed by atoms with Crippen LogP contribution < -0.4 is 10.9 Å². The van der Waals surface area contributed by atoms with Crippen molar-refractivity contribution in [3.8, 4) is 0 Å². The molecule has 0 saturated carbocycles. The van der Waals surface area contributed by atoms with Gasteiger partial charge in [-0.3, -0.25) is 20.3 Å². The zero-order chi connectivity index (χ0) is 15.5. The normalized spacial score (nSPS) is 11.2. The van der Waals surface area contributed by atoms with Crippen LogP contribution in [0.4, 0.5) is 23.5 Å². The molecule has 2 N–H and O–H groups in total. The van der Waals surface area contributed by atoms with Gasteiger partial charge in [0.25, 0.3) is 5.91 Å². The van der Waals surface area contributed by atoms with Gasteiger partial charge >= 0.3 is 6.18 Å². The number of anilines is 1. The van der Waals surface area contributed by atoms with Crippen LogP contribution in [0.5, 0.6) is 0 Å². The summed E-state index contributed by atoms with van der Waals surface area (Å²) in [6, 6.07) is 0.754. The molecule has 7 nitrogen and oxygen atoms in total. The van der Waals surface area contributed by atoms with Gasteiger partial charge in [-0.05, 0) is 6.07 Å². The van der Waals surface area contributed by atoms with Crippen molar-refractivity contribution in [2.75, 3.05) is 5.43 Å². The number of amides is 1. The number of rotatable bonds is 4. The summed E-state index contributed by atoms with van der Waals surface area (Å²) in [4.78, 5) is 18.5. The Bertz CT molecular complexity index is 623. The number of hydrazine groups is 1. The molecule has 11 heteroatoms. The monoisotopic (exact) mass is 304 g/mol. The molecule has 1 amide bonds. The highest BCUT2D eigenvalue weighted by Gasteiger charge is 2.33. The zero-order valence-electron chi connectivity index (χ0n) is 10.2. The van der Waals surface area contributed by atoms with Crippen LogP contribution in [0.25, 0.3) is 0 Å². The van der Waals surface area contributed by atoms with Gasteiger partial charge in [-0.15, -0.1) is 0 Å². The van der Waals surface area contributed by atoms with Crippen molar-refractivity contribution in [2.24, 2.45) is 0 Å². The first-order chi connectivity index (χ1) is 9.84. The maximum Gasteiger partial charge on any atom is 0.435 e. The van der Waals surface area contributed by atoms with Crippen molar-refractivity contribution in [1.29, 1.82) is 0 Å². The summed E-state index contributed by atoms with van der Waals surface area (Å²) < 4.78 is 50.3. The van der Waals surface area contributed by atoms with Gasteiger partial charge in [-0.1, -0.05) is 0 Å². The van der Waals surface area contributed by atoms with E-state index in [9.17, 15) is 22.4 Å². The molecule has 0 saturated heterocycles. The maximum atomic E-state index is 12.5. The number of carbonyl (C=O) groups excluding carboxylic acids is 1. The SMILES string of the molecule is O=C(Cn1ccc(C(F)(F)F)n1)NNc1ncc(F)cn1. The fourth-order valence-corrected chi connectivity index (χ4v) is 1.29. The zero-order valence-corrected chi connectivity index (χ0v) is 10.2. The lowest BCUT2D eigenvalue weighted by atomic mass is 10.4. The second kappa shape index (κ2) is 5.73. The summed E-state index contributed by atoms with van der Waals surface area (Å²) >= 11 is 0. The van der Waals surface area contributed by atoms with E-state index >= 15 is 0 Å². The van der Waals surface area contributed by atoms with Gasteiger partial charge in [0.05, 0.1) is 12.4 Å². The predicted octanol–water partition coefficient (Wildman–Crippen LogP) is 0.974. The highest BCUT2D eigenvalue weighted by molar-refractivity contribution is 5.76. The third-order valence-corrected chi connectivity index (χ3v) is 2.17. The van der Waals surface area contributed by atoms with Crippen molar-refractivity contribution in [3.05, 3.63) is 36.2 Å². The minimum absolute atomic E-state index is 0.0683. The summed E-state index contributed by atoms with van der Waals surface area (Å²) in [6.45, 7) is -0.440. The number of nitrogens with zero attached hydrogens (tertiary/aromatic N) is 4. The average molecular weight is 304 g/mol. The molecule has 2 aromatic heterocycles. The van der Waals surface area contributed by atoms with E-state index in [1.807, 2.05) is 0 Å². The van der Waals surface area contributed by atoms with Crippen molar-refractivity contribution < 1.29 is 22.4 Å². The average Bonchev–Trinajstić information content (AvgIpc) is 2.86. The molecular weight excluding hydrogens is 296 g/mol. The number of alkyl halides is 3. The van der Waals surface area contributed by atoms with E-state index in [0.717, 1.165) is 29.3 Å². The first-order valence-corrected chi connectivity index (χ1v) is 5.47. The van der Waals surface area contributed by atoms with Gasteiger partial charge in [0.2, 0.25) is 5.95 Å². The highest BCUT2D eigenvalue weighted by Crippen LogP contribution is 2.27. The van der Waals surface area contributed by atoms with Crippen molar-refractivity contribution in [3.63, 3.8) is 0 Å². The van der Waals surface area contributed by atoms with Gasteiger partial charge in [-0.2, -0.15) is 18.3 Å². The molecule has 0 fully saturated rings. The molecule has 112 valence electrons. The first kappa shape index (κ1) is 14.7. The number of aromatic nitrogens is 4. The van der Waals surface area contributed by atoms with E-state index in [4.69, 9.17) is 0 Å². The standard InChI is InChI=1S/C10H8F4N6O/c11-6-3-15-9(16-4-6)18-17-8(21)5-20-2-1-7(19-20)10(12,13)14/h1-4H,5H2,(H,17,21)(H,15,16,18). The van der Waals surface area contributed by atoms with Crippen molar-refractivity contribution in [1.82, 2.24) is 25.2 Å². The van der Waals surface area contributed by atoms with E-state index < -0.39 is 30.1 Å². The fourth-order valence-electron chi connectivity index (χ4n) is 1.29. The Morgan fingerprint density at radius 3 is 2.52 bits per heavy atom. The molecule has 0 aromatic carbocycles. The maximum absolute atomic E-state index is 12.5. The Hall–Kier alpha value is -2.72. The first-order valence-electron chi connectivity index (χ1n) is 5.47. The van der Waals surface area contributed by atoms with Crippen molar-refractivity contribution in [2.45, 2.75) is 12.7 Å². The highest BCUT2D eigenvalue weighted by atomic mass is 19.4. The van der Waals surface area contributed by atoms with Gasteiger partial charge in [-0.25, -0.2) is 14.4 Å². The van der Waals surface area contributed by atoms with E-state index in [1.54, 1.807) is 0 Å². The summed E-state index contributed by atoms with van der Waals surface area (Å²) in [5.74, 6) is -1.40. The third kappa shape index (κ3) is 4.12. The van der Waals surface area contributed by atoms with Crippen LogP contribution in [0, 0.1) is 5.82 Å². The number of carbonyl (C=O) groups is 1. The molecule has 0 bridgehead atoms. The lowest BCUT2D eigenvalue weighted by Crippen LogP contribution is -2.33. The summed E-state index contributed by atoms with van der Waals surface area (Å²) in [7, 11) is 0. The van der Waals surface area contributed by atoms with Gasteiger partial charge < -0.3 is 0 Å². The molecule has 2 heterocycles. The van der Waals surface area contributed by atoms with E-state index in [1.165, 1.54) is 0 Å². The molecule has 2 aromatic rings. The van der Waals surface area contributed by atoms with Crippen LogP contribution in [0.1, 0.15) is 5.69 Å². The third-order valence-electron chi connectivity index (χ3n) is 2.17. The second-order valence-corrected chi connectivity index (χ2v) is 3.79. The number of nitrogens with one attached hydrogen (secondary N) is 2. The summed E-state index contributed by atoms with van der Waals surface area (Å²) in [6.07, 6.45) is -1.78. The largest absolute Gasteiger partial charge is 0.435 e. The topological polar surface area (TPSA) is 84.7 Å². The fraction of sp³-hybridized carbons (Fsp3) is 0.200. The second-order valence-electron chi connectivity index (χ2n) is 3.79. The number of hydrogen-bond acceptors (Lipinski definition) is 5. The molecule has 0 aliphatic carbocycles. The molecule has 21 heavy (non-hydrogen) atoms. The Balaban J connectivity index is 1.87. The Morgan fingerprint density at radius 1 is 1.29 bits per heavy atom. The van der Waals surface area contributed by atoms with Crippen LogP contribution in [-0.4, -0.2) is 25.7 Å². The van der Waals surface area contributed by atoms with Crippen LogP contribution in [0.3, 0.4) is 0 Å². The lowest BCUT2D eigenvalue weighted by Gasteiger charge is -2.06. The quantitative estimate of drug-likeness (QED) is 0.649. The Kier molecular flexibility index (Phi) is 4.00. The van der Waals surface area contributed by atoms with Gasteiger partial charge in [0, 0.05) is 6.20 Å². The van der Waals surface area contributed by atoms with Crippen LogP contribution in [0.2, 0.25) is 0 Å². The summed E-state index contributed by atoms with van der Waals surface area (Å²) in [5, 5.41) is 3.21. The molecule has 0 radical (unpaired) electrons. The number of halogens is 4. The van der Waals surface area contributed by atoms with Crippen LogP contribution in [0.15, 0.2) is 24.7 Å². The van der Waals surface area contributed by atoms with Crippen molar-refractivity contribution >= 4 is 11.9 Å². The molecule has 0 atom stereocenters. The van der Waals surface area contributed by atoms with Gasteiger partial charge in [0.15, 0.2) is 11.5 Å². The molecule has 0 aliphatic heterocycles. The molecule has 0 unspecified atom stereocenters. The molecule has 2 rings (SSSR count). The van der Waals surface area contributed by atoms with Crippen LogP contribution >= 0.6 is 0 Å².